The third-order valence-electron chi connectivity index (χ3n) is 6.05. The quantitative estimate of drug-likeness (QED) is 0.632. The topological polar surface area (TPSA) is 34.1 Å². The van der Waals surface area contributed by atoms with Crippen LogP contribution < -0.4 is 0 Å². The molecule has 0 amide bonds. The number of hydrogen-bond donors (Lipinski definition) is 0. The van der Waals surface area contributed by atoms with Crippen molar-refractivity contribution in [3.05, 3.63) is 24.3 Å². The van der Waals surface area contributed by atoms with Crippen molar-refractivity contribution in [1.29, 1.82) is 0 Å². The molecule has 2 nitrogen and oxygen atoms in total. The lowest BCUT2D eigenvalue weighted by molar-refractivity contribution is -0.126. The zero-order valence-electron chi connectivity index (χ0n) is 12.5. The third kappa shape index (κ3) is 1.84. The average molecular weight is 272 g/mol. The van der Waals surface area contributed by atoms with Gasteiger partial charge in [-0.15, -0.1) is 0 Å². The summed E-state index contributed by atoms with van der Waals surface area (Å²) in [6.45, 7) is 12.5. The fourth-order valence-corrected chi connectivity index (χ4v) is 5.08. The van der Waals surface area contributed by atoms with E-state index < -0.39 is 0 Å². The zero-order chi connectivity index (χ0) is 14.6. The van der Waals surface area contributed by atoms with E-state index in [0.717, 1.165) is 24.0 Å². The summed E-state index contributed by atoms with van der Waals surface area (Å²) in [6.07, 6.45) is 3.73. The van der Waals surface area contributed by atoms with Crippen molar-refractivity contribution in [3.8, 4) is 0 Å². The van der Waals surface area contributed by atoms with Crippen molar-refractivity contribution < 1.29 is 9.59 Å². The number of fused-ring (bicyclic) bond motifs is 3. The van der Waals surface area contributed by atoms with Gasteiger partial charge in [-0.3, -0.25) is 9.59 Å². The number of Topliss-reactive ketones (excluding diaryl/α,β-unsaturated/α-hetero) is 2. The summed E-state index contributed by atoms with van der Waals surface area (Å²) in [4.78, 5) is 24.4. The molecule has 2 unspecified atom stereocenters. The molecular weight excluding hydrogens is 248 g/mol. The van der Waals surface area contributed by atoms with Crippen LogP contribution in [0.3, 0.4) is 0 Å². The van der Waals surface area contributed by atoms with E-state index in [4.69, 9.17) is 0 Å². The van der Waals surface area contributed by atoms with E-state index in [9.17, 15) is 9.59 Å². The van der Waals surface area contributed by atoms with Crippen molar-refractivity contribution in [2.75, 3.05) is 0 Å². The van der Waals surface area contributed by atoms with Crippen LogP contribution in [0.1, 0.15) is 39.5 Å². The normalized spacial score (nSPS) is 45.1. The predicted octanol–water partition coefficient (Wildman–Crippen LogP) is 3.58. The lowest BCUT2D eigenvalue weighted by Gasteiger charge is -2.52. The number of allylic oxidation sites excluding steroid dienone is 2. The van der Waals surface area contributed by atoms with Crippen molar-refractivity contribution in [2.24, 2.45) is 35.5 Å². The van der Waals surface area contributed by atoms with Gasteiger partial charge in [-0.2, -0.15) is 0 Å². The summed E-state index contributed by atoms with van der Waals surface area (Å²) in [5.41, 5.74) is 1.54. The first-order chi connectivity index (χ1) is 9.41. The summed E-state index contributed by atoms with van der Waals surface area (Å²) in [5, 5.41) is 0. The molecule has 0 heterocycles. The van der Waals surface area contributed by atoms with Crippen LogP contribution in [-0.2, 0) is 9.59 Å². The molecule has 3 saturated carbocycles. The average Bonchev–Trinajstić information content (AvgIpc) is 2.40. The highest BCUT2D eigenvalue weighted by molar-refractivity contribution is 5.99. The molecule has 0 N–H and O–H groups in total. The first kappa shape index (κ1) is 13.8. The molecule has 3 aliphatic rings. The Morgan fingerprint density at radius 3 is 2.40 bits per heavy atom. The van der Waals surface area contributed by atoms with Crippen LogP contribution in [0.25, 0.3) is 0 Å². The minimum atomic E-state index is 0.0973. The maximum absolute atomic E-state index is 12.3. The molecule has 2 heteroatoms. The van der Waals surface area contributed by atoms with Crippen LogP contribution in [0.2, 0.25) is 0 Å². The zero-order valence-corrected chi connectivity index (χ0v) is 12.5. The Morgan fingerprint density at radius 2 is 1.70 bits per heavy atom. The molecule has 0 aromatic heterocycles. The van der Waals surface area contributed by atoms with E-state index >= 15 is 0 Å². The molecule has 0 spiro atoms. The van der Waals surface area contributed by atoms with Crippen LogP contribution in [-0.4, -0.2) is 11.6 Å². The second-order valence-electron chi connectivity index (χ2n) is 7.20. The minimum Gasteiger partial charge on any atom is -0.295 e. The molecule has 3 aliphatic carbocycles. The van der Waals surface area contributed by atoms with Crippen LogP contribution in [0, 0.1) is 35.5 Å². The van der Waals surface area contributed by atoms with E-state index in [-0.39, 0.29) is 29.3 Å². The van der Waals surface area contributed by atoms with Gasteiger partial charge in [-0.05, 0) is 60.0 Å². The van der Waals surface area contributed by atoms with Gasteiger partial charge >= 0.3 is 0 Å². The molecule has 0 aromatic rings. The maximum atomic E-state index is 12.3. The molecule has 0 bridgehead atoms. The van der Waals surface area contributed by atoms with Gasteiger partial charge in [0.25, 0.3) is 0 Å². The van der Waals surface area contributed by atoms with Gasteiger partial charge in [-0.1, -0.05) is 27.0 Å². The second kappa shape index (κ2) is 4.68. The summed E-state index contributed by atoms with van der Waals surface area (Å²) >= 11 is 0. The van der Waals surface area contributed by atoms with Gasteiger partial charge < -0.3 is 0 Å². The van der Waals surface area contributed by atoms with Gasteiger partial charge in [-0.25, -0.2) is 0 Å². The smallest absolute Gasteiger partial charge is 0.161 e. The molecule has 0 aromatic carbocycles. The van der Waals surface area contributed by atoms with Gasteiger partial charge in [0.05, 0.1) is 0 Å². The fourth-order valence-electron chi connectivity index (χ4n) is 5.08. The molecule has 0 radical (unpaired) electrons. The van der Waals surface area contributed by atoms with E-state index in [2.05, 4.69) is 20.1 Å². The van der Waals surface area contributed by atoms with E-state index in [1.165, 1.54) is 6.42 Å². The molecule has 3 rings (SSSR count). The summed E-state index contributed by atoms with van der Waals surface area (Å²) in [6, 6.07) is 0. The van der Waals surface area contributed by atoms with Crippen LogP contribution in [0.5, 0.6) is 0 Å². The van der Waals surface area contributed by atoms with E-state index in [1.54, 1.807) is 0 Å². The van der Waals surface area contributed by atoms with Gasteiger partial charge in [0.15, 0.2) is 11.6 Å². The largest absolute Gasteiger partial charge is 0.295 e. The Morgan fingerprint density at radius 1 is 1.00 bits per heavy atom. The lowest BCUT2D eigenvalue weighted by Crippen LogP contribution is -2.48. The molecule has 108 valence electrons. The number of carbonyl (C=O) groups excluding carboxylic acids is 2. The minimum absolute atomic E-state index is 0.0973. The summed E-state index contributed by atoms with van der Waals surface area (Å²) in [7, 11) is 0. The first-order valence-corrected chi connectivity index (χ1v) is 7.86. The standard InChI is InChI=1S/C18H24O2/c1-9-7-13-8-10(2)18(20)12(4)16(13)17-11(3)15(19)6-5-14(9)17/h9-10,13-14,16-17H,3-8H2,1-2H3/t9-,10+,13?,14+,16-,17?/m0/s1. The first-order valence-electron chi connectivity index (χ1n) is 7.86. The molecule has 20 heavy (non-hydrogen) atoms. The van der Waals surface area contributed by atoms with E-state index in [1.807, 2.05) is 6.92 Å². The van der Waals surface area contributed by atoms with Crippen molar-refractivity contribution in [3.63, 3.8) is 0 Å². The summed E-state index contributed by atoms with van der Waals surface area (Å²) in [5.74, 6) is 2.52. The van der Waals surface area contributed by atoms with Crippen molar-refractivity contribution >= 4 is 11.6 Å². The highest BCUT2D eigenvalue weighted by Crippen LogP contribution is 2.55. The molecule has 0 saturated heterocycles. The van der Waals surface area contributed by atoms with E-state index in [0.29, 0.717) is 24.2 Å². The van der Waals surface area contributed by atoms with Gasteiger partial charge in [0, 0.05) is 12.3 Å². The highest BCUT2D eigenvalue weighted by atomic mass is 16.1. The lowest BCUT2D eigenvalue weighted by atomic mass is 9.51. The van der Waals surface area contributed by atoms with Crippen LogP contribution in [0.4, 0.5) is 0 Å². The van der Waals surface area contributed by atoms with Crippen LogP contribution >= 0.6 is 0 Å². The second-order valence-corrected chi connectivity index (χ2v) is 7.20. The SMILES string of the molecule is C=C1C(=O)CC[C@H]2C1[C@H]1C(=C)C(=O)[C@H](C)CC1C[C@@H]2C. The Kier molecular flexibility index (Phi) is 3.23. The Balaban J connectivity index is 2.00. The Hall–Kier alpha value is -1.18. The Bertz CT molecular complexity index is 502. The highest BCUT2D eigenvalue weighted by Gasteiger charge is 2.51. The van der Waals surface area contributed by atoms with Gasteiger partial charge in [0.2, 0.25) is 0 Å². The molecular formula is C18H24O2. The fraction of sp³-hybridized carbons (Fsp3) is 0.667. The summed E-state index contributed by atoms with van der Waals surface area (Å²) < 4.78 is 0. The van der Waals surface area contributed by atoms with Crippen molar-refractivity contribution in [1.82, 2.24) is 0 Å². The van der Waals surface area contributed by atoms with Crippen LogP contribution in [0.15, 0.2) is 24.3 Å². The maximum Gasteiger partial charge on any atom is 0.161 e. The predicted molar refractivity (Wildman–Crippen MR) is 79.1 cm³/mol. The number of hydrogen-bond acceptors (Lipinski definition) is 2. The molecule has 0 aliphatic heterocycles. The number of carbonyl (C=O) groups is 2. The number of rotatable bonds is 0. The molecule has 6 atom stereocenters. The van der Waals surface area contributed by atoms with Crippen molar-refractivity contribution in [2.45, 2.75) is 39.5 Å². The Labute approximate surface area is 121 Å². The van der Waals surface area contributed by atoms with Gasteiger partial charge in [0.1, 0.15) is 0 Å². The third-order valence-corrected chi connectivity index (χ3v) is 6.05. The number of ketones is 2. The molecule has 3 fully saturated rings. The monoisotopic (exact) mass is 272 g/mol.